The molecule has 0 aliphatic rings. The fraction of sp³-hybridized carbons (Fsp3) is 0.0500. The predicted octanol–water partition coefficient (Wildman–Crippen LogP) is 4.95. The van der Waals surface area contributed by atoms with Gasteiger partial charge in [0.25, 0.3) is 0 Å². The lowest BCUT2D eigenvalue weighted by atomic mass is 10.1. The number of aliphatic carboxylic acids is 1. The van der Waals surface area contributed by atoms with Crippen molar-refractivity contribution in [3.05, 3.63) is 88.1 Å². The Kier molecular flexibility index (Phi) is 5.08. The van der Waals surface area contributed by atoms with E-state index in [1.54, 1.807) is 12.1 Å². The Morgan fingerprint density at radius 3 is 2.58 bits per heavy atom. The summed E-state index contributed by atoms with van der Waals surface area (Å²) in [5.74, 6) is -0.225. The van der Waals surface area contributed by atoms with Gasteiger partial charge >= 0.3 is 5.97 Å². The van der Waals surface area contributed by atoms with Crippen LogP contribution in [0.15, 0.2) is 72.1 Å². The minimum Gasteiger partial charge on any atom is -0.489 e. The Balaban J connectivity index is 1.79. The molecule has 0 amide bonds. The highest BCUT2D eigenvalue weighted by molar-refractivity contribution is 7.11. The van der Waals surface area contributed by atoms with Crippen LogP contribution in [0.4, 0.5) is 0 Å². The lowest BCUT2D eigenvalue weighted by molar-refractivity contribution is -0.130. The minimum absolute atomic E-state index is 0.283. The molecule has 0 saturated heterocycles. The zero-order valence-electron chi connectivity index (χ0n) is 12.9. The maximum atomic E-state index is 11.5. The van der Waals surface area contributed by atoms with Crippen LogP contribution < -0.4 is 4.74 Å². The Morgan fingerprint density at radius 1 is 1.04 bits per heavy atom. The first-order chi connectivity index (χ1) is 11.7. The van der Waals surface area contributed by atoms with Crippen molar-refractivity contribution < 1.29 is 14.6 Å². The molecule has 0 aliphatic carbocycles. The number of benzene rings is 2. The van der Waals surface area contributed by atoms with Crippen molar-refractivity contribution in [2.45, 2.75) is 6.61 Å². The van der Waals surface area contributed by atoms with Gasteiger partial charge in [0.05, 0.1) is 5.57 Å². The molecule has 0 spiro atoms. The molecule has 0 bridgehead atoms. The van der Waals surface area contributed by atoms with Crippen molar-refractivity contribution >= 4 is 29.0 Å². The normalized spacial score (nSPS) is 11.2. The molecule has 1 N–H and O–H groups in total. The maximum Gasteiger partial charge on any atom is 0.337 e. The van der Waals surface area contributed by atoms with Crippen molar-refractivity contribution in [2.24, 2.45) is 0 Å². The number of carbonyl (C=O) groups is 1. The standard InChI is InChI=1S/C20H16O3S/c21-20(22)18(19-10-5-11-24-19)13-16-8-4-9-17(12-16)23-14-15-6-2-1-3-7-15/h1-13H,14H2,(H,21,22)/b18-13-. The van der Waals surface area contributed by atoms with Gasteiger partial charge in [-0.3, -0.25) is 0 Å². The highest BCUT2D eigenvalue weighted by Crippen LogP contribution is 2.24. The maximum absolute atomic E-state index is 11.5. The molecule has 120 valence electrons. The Labute approximate surface area is 144 Å². The van der Waals surface area contributed by atoms with E-state index in [9.17, 15) is 9.90 Å². The second kappa shape index (κ2) is 7.62. The van der Waals surface area contributed by atoms with Gasteiger partial charge in [0.2, 0.25) is 0 Å². The van der Waals surface area contributed by atoms with E-state index in [0.717, 1.165) is 16.0 Å². The predicted molar refractivity (Wildman–Crippen MR) is 97.0 cm³/mol. The van der Waals surface area contributed by atoms with Crippen molar-refractivity contribution in [3.63, 3.8) is 0 Å². The summed E-state index contributed by atoms with van der Waals surface area (Å²) >= 11 is 1.41. The van der Waals surface area contributed by atoms with Crippen LogP contribution in [0.1, 0.15) is 16.0 Å². The average molecular weight is 336 g/mol. The minimum atomic E-state index is -0.937. The van der Waals surface area contributed by atoms with Gasteiger partial charge < -0.3 is 9.84 Å². The van der Waals surface area contributed by atoms with Crippen LogP contribution in [0.25, 0.3) is 11.6 Å². The van der Waals surface area contributed by atoms with Crippen LogP contribution in [0.5, 0.6) is 5.75 Å². The molecule has 0 unspecified atom stereocenters. The van der Waals surface area contributed by atoms with E-state index < -0.39 is 5.97 Å². The van der Waals surface area contributed by atoms with Crippen LogP contribution in [-0.2, 0) is 11.4 Å². The van der Waals surface area contributed by atoms with Crippen molar-refractivity contribution in [2.75, 3.05) is 0 Å². The summed E-state index contributed by atoms with van der Waals surface area (Å²) in [6.07, 6.45) is 1.67. The second-order valence-corrected chi connectivity index (χ2v) is 6.13. The SMILES string of the molecule is O=C(O)/C(=C\c1cccc(OCc2ccccc2)c1)c1cccs1. The molecule has 0 saturated carbocycles. The molecule has 0 radical (unpaired) electrons. The highest BCUT2D eigenvalue weighted by atomic mass is 32.1. The lowest BCUT2D eigenvalue weighted by Crippen LogP contribution is -1.98. The molecule has 0 aliphatic heterocycles. The summed E-state index contributed by atoms with van der Waals surface area (Å²) in [5, 5.41) is 11.3. The topological polar surface area (TPSA) is 46.5 Å². The molecular formula is C20H16O3S. The number of ether oxygens (including phenoxy) is 1. The van der Waals surface area contributed by atoms with Gasteiger partial charge in [0, 0.05) is 4.88 Å². The summed E-state index contributed by atoms with van der Waals surface area (Å²) < 4.78 is 5.79. The van der Waals surface area contributed by atoms with Crippen molar-refractivity contribution in [1.29, 1.82) is 0 Å². The second-order valence-electron chi connectivity index (χ2n) is 5.19. The Morgan fingerprint density at radius 2 is 1.88 bits per heavy atom. The van der Waals surface area contributed by atoms with Crippen LogP contribution >= 0.6 is 11.3 Å². The first kappa shape index (κ1) is 16.0. The van der Waals surface area contributed by atoms with E-state index in [1.807, 2.05) is 66.0 Å². The van der Waals surface area contributed by atoms with Crippen molar-refractivity contribution in [1.82, 2.24) is 0 Å². The zero-order valence-corrected chi connectivity index (χ0v) is 13.7. The number of thiophene rings is 1. The van der Waals surface area contributed by atoms with Gasteiger partial charge in [-0.2, -0.15) is 0 Å². The third-order valence-electron chi connectivity index (χ3n) is 3.43. The van der Waals surface area contributed by atoms with Crippen LogP contribution in [0.3, 0.4) is 0 Å². The fourth-order valence-electron chi connectivity index (χ4n) is 2.27. The van der Waals surface area contributed by atoms with Gasteiger partial charge in [0.15, 0.2) is 0 Å². The highest BCUT2D eigenvalue weighted by Gasteiger charge is 2.11. The molecule has 0 fully saturated rings. The smallest absolute Gasteiger partial charge is 0.337 e. The summed E-state index contributed by atoms with van der Waals surface area (Å²) in [7, 11) is 0. The lowest BCUT2D eigenvalue weighted by Gasteiger charge is -2.07. The number of carboxylic acids is 1. The van der Waals surface area contributed by atoms with E-state index in [-0.39, 0.29) is 5.57 Å². The molecule has 2 aromatic carbocycles. The van der Waals surface area contributed by atoms with E-state index in [1.165, 1.54) is 11.3 Å². The van der Waals surface area contributed by atoms with E-state index in [4.69, 9.17) is 4.74 Å². The number of hydrogen-bond donors (Lipinski definition) is 1. The quantitative estimate of drug-likeness (QED) is 0.648. The molecule has 4 heteroatoms. The average Bonchev–Trinajstić information content (AvgIpc) is 3.13. The molecule has 3 nitrogen and oxygen atoms in total. The van der Waals surface area contributed by atoms with Crippen LogP contribution in [0, 0.1) is 0 Å². The van der Waals surface area contributed by atoms with E-state index >= 15 is 0 Å². The molecule has 24 heavy (non-hydrogen) atoms. The van der Waals surface area contributed by atoms with Gasteiger partial charge in [-0.15, -0.1) is 11.3 Å². The molecular weight excluding hydrogens is 320 g/mol. The molecule has 1 aromatic heterocycles. The number of rotatable bonds is 6. The van der Waals surface area contributed by atoms with Crippen LogP contribution in [-0.4, -0.2) is 11.1 Å². The number of hydrogen-bond acceptors (Lipinski definition) is 3. The van der Waals surface area contributed by atoms with Gasteiger partial charge in [-0.05, 0) is 40.8 Å². The molecule has 0 atom stereocenters. The third kappa shape index (κ3) is 4.12. The number of carboxylic acid groups (broad SMARTS) is 1. The van der Waals surface area contributed by atoms with Gasteiger partial charge in [-0.1, -0.05) is 48.5 Å². The fourth-order valence-corrected chi connectivity index (χ4v) is 3.01. The largest absolute Gasteiger partial charge is 0.489 e. The van der Waals surface area contributed by atoms with Crippen molar-refractivity contribution in [3.8, 4) is 5.75 Å². The Hall–Kier alpha value is -2.85. The van der Waals surface area contributed by atoms with E-state index in [2.05, 4.69) is 0 Å². The van der Waals surface area contributed by atoms with Gasteiger partial charge in [-0.25, -0.2) is 4.79 Å². The summed E-state index contributed by atoms with van der Waals surface area (Å²) in [6.45, 7) is 0.477. The van der Waals surface area contributed by atoms with E-state index in [0.29, 0.717) is 12.4 Å². The third-order valence-corrected chi connectivity index (χ3v) is 4.34. The Bertz CT molecular complexity index is 836. The summed E-state index contributed by atoms with van der Waals surface area (Å²) in [6, 6.07) is 21.0. The summed E-state index contributed by atoms with van der Waals surface area (Å²) in [4.78, 5) is 12.2. The zero-order chi connectivity index (χ0) is 16.8. The van der Waals surface area contributed by atoms with Gasteiger partial charge in [0.1, 0.15) is 12.4 Å². The molecule has 1 heterocycles. The van der Waals surface area contributed by atoms with Crippen LogP contribution in [0.2, 0.25) is 0 Å². The first-order valence-corrected chi connectivity index (χ1v) is 8.36. The monoisotopic (exact) mass is 336 g/mol. The molecule has 3 rings (SSSR count). The summed E-state index contributed by atoms with van der Waals surface area (Å²) in [5.41, 5.74) is 2.17. The first-order valence-electron chi connectivity index (χ1n) is 7.48. The molecule has 3 aromatic rings.